The number of hydrogen-bond acceptors (Lipinski definition) is 2. The van der Waals surface area contributed by atoms with Gasteiger partial charge in [0, 0.05) is 24.8 Å². The predicted octanol–water partition coefficient (Wildman–Crippen LogP) is 3.48. The van der Waals surface area contributed by atoms with Gasteiger partial charge in [-0.3, -0.25) is 4.90 Å². The minimum absolute atomic E-state index is 0.190. The van der Waals surface area contributed by atoms with E-state index >= 15 is 0 Å². The summed E-state index contributed by atoms with van der Waals surface area (Å²) in [4.78, 5) is 2.36. The molecule has 2 aromatic carbocycles. The van der Waals surface area contributed by atoms with E-state index in [4.69, 9.17) is 5.73 Å². The number of anilines is 1. The molecule has 19 heavy (non-hydrogen) atoms. The van der Waals surface area contributed by atoms with Crippen molar-refractivity contribution >= 4 is 5.69 Å². The van der Waals surface area contributed by atoms with Gasteiger partial charge in [-0.05, 0) is 41.8 Å². The number of fused-ring (bicyclic) bond motifs is 1. The first-order chi connectivity index (χ1) is 9.15. The molecule has 0 radical (unpaired) electrons. The fourth-order valence-corrected chi connectivity index (χ4v) is 2.70. The summed E-state index contributed by atoms with van der Waals surface area (Å²) in [5.74, 6) is -0.190. The lowest BCUT2D eigenvalue weighted by atomic mass is 10.1. The molecule has 3 rings (SSSR count). The SMILES string of the molecule is CC(c1ccc(F)cc1)N1Cc2cccc(N)c2C1. The second kappa shape index (κ2) is 4.67. The predicted molar refractivity (Wildman–Crippen MR) is 74.9 cm³/mol. The summed E-state index contributed by atoms with van der Waals surface area (Å²) in [6, 6.07) is 13.1. The van der Waals surface area contributed by atoms with Gasteiger partial charge in [0.05, 0.1) is 0 Å². The van der Waals surface area contributed by atoms with Gasteiger partial charge in [-0.1, -0.05) is 24.3 Å². The molecule has 98 valence electrons. The topological polar surface area (TPSA) is 29.3 Å². The van der Waals surface area contributed by atoms with Crippen LogP contribution in [0.15, 0.2) is 42.5 Å². The molecule has 0 aliphatic carbocycles. The summed E-state index contributed by atoms with van der Waals surface area (Å²) >= 11 is 0. The molecule has 0 spiro atoms. The van der Waals surface area contributed by atoms with Crippen LogP contribution in [-0.4, -0.2) is 4.90 Å². The molecule has 0 fully saturated rings. The van der Waals surface area contributed by atoms with Crippen LogP contribution >= 0.6 is 0 Å². The number of nitrogens with two attached hydrogens (primary N) is 1. The van der Waals surface area contributed by atoms with Gasteiger partial charge in [0.1, 0.15) is 5.82 Å². The Bertz CT molecular complexity index is 592. The molecular formula is C16H17FN2. The van der Waals surface area contributed by atoms with Crippen LogP contribution in [-0.2, 0) is 13.1 Å². The van der Waals surface area contributed by atoms with Crippen molar-refractivity contribution in [3.8, 4) is 0 Å². The van der Waals surface area contributed by atoms with E-state index in [1.807, 2.05) is 24.3 Å². The highest BCUT2D eigenvalue weighted by molar-refractivity contribution is 5.52. The molecule has 0 saturated carbocycles. The fraction of sp³-hybridized carbons (Fsp3) is 0.250. The first kappa shape index (κ1) is 12.2. The quantitative estimate of drug-likeness (QED) is 0.833. The average molecular weight is 256 g/mol. The Hall–Kier alpha value is -1.87. The lowest BCUT2D eigenvalue weighted by molar-refractivity contribution is 0.215. The minimum Gasteiger partial charge on any atom is -0.398 e. The van der Waals surface area contributed by atoms with Crippen LogP contribution < -0.4 is 5.73 Å². The smallest absolute Gasteiger partial charge is 0.123 e. The molecule has 1 atom stereocenters. The second-order valence-corrected chi connectivity index (χ2v) is 5.12. The third kappa shape index (κ3) is 2.22. The average Bonchev–Trinajstić information content (AvgIpc) is 2.84. The van der Waals surface area contributed by atoms with E-state index in [2.05, 4.69) is 17.9 Å². The molecular weight excluding hydrogens is 239 g/mol. The Kier molecular flexibility index (Phi) is 2.99. The first-order valence-electron chi connectivity index (χ1n) is 6.51. The van der Waals surface area contributed by atoms with Gasteiger partial charge < -0.3 is 5.73 Å². The molecule has 0 aromatic heterocycles. The molecule has 1 unspecified atom stereocenters. The maximum Gasteiger partial charge on any atom is 0.123 e. The number of benzene rings is 2. The number of halogens is 1. The van der Waals surface area contributed by atoms with E-state index in [0.29, 0.717) is 0 Å². The van der Waals surface area contributed by atoms with Gasteiger partial charge in [-0.15, -0.1) is 0 Å². The number of nitrogen functional groups attached to an aromatic ring is 1. The van der Waals surface area contributed by atoms with E-state index in [-0.39, 0.29) is 11.9 Å². The van der Waals surface area contributed by atoms with E-state index in [1.165, 1.54) is 23.3 Å². The van der Waals surface area contributed by atoms with E-state index in [9.17, 15) is 4.39 Å². The van der Waals surface area contributed by atoms with Crippen molar-refractivity contribution in [2.45, 2.75) is 26.1 Å². The van der Waals surface area contributed by atoms with Crippen LogP contribution in [0.4, 0.5) is 10.1 Å². The maximum atomic E-state index is 13.0. The van der Waals surface area contributed by atoms with E-state index in [0.717, 1.165) is 24.3 Å². The normalized spacial score (nSPS) is 16.3. The van der Waals surface area contributed by atoms with Gasteiger partial charge in [-0.2, -0.15) is 0 Å². The minimum atomic E-state index is -0.190. The lowest BCUT2D eigenvalue weighted by Crippen LogP contribution is -2.20. The summed E-state index contributed by atoms with van der Waals surface area (Å²) in [5.41, 5.74) is 10.5. The Balaban J connectivity index is 1.82. The number of rotatable bonds is 2. The number of nitrogens with zero attached hydrogens (tertiary/aromatic N) is 1. The van der Waals surface area contributed by atoms with Gasteiger partial charge in [0.25, 0.3) is 0 Å². The Morgan fingerprint density at radius 1 is 1.11 bits per heavy atom. The van der Waals surface area contributed by atoms with Gasteiger partial charge in [-0.25, -0.2) is 4.39 Å². The molecule has 0 saturated heterocycles. The maximum absolute atomic E-state index is 13.0. The van der Waals surface area contributed by atoms with Crippen molar-refractivity contribution in [3.63, 3.8) is 0 Å². The van der Waals surface area contributed by atoms with Crippen molar-refractivity contribution in [1.82, 2.24) is 4.90 Å². The molecule has 3 heteroatoms. The second-order valence-electron chi connectivity index (χ2n) is 5.12. The molecule has 2 N–H and O–H groups in total. The van der Waals surface area contributed by atoms with Crippen LogP contribution in [0.2, 0.25) is 0 Å². The Labute approximate surface area is 112 Å². The zero-order valence-electron chi connectivity index (χ0n) is 10.9. The van der Waals surface area contributed by atoms with Crippen molar-refractivity contribution in [1.29, 1.82) is 0 Å². The molecule has 2 nitrogen and oxygen atoms in total. The highest BCUT2D eigenvalue weighted by Gasteiger charge is 2.25. The fourth-order valence-electron chi connectivity index (χ4n) is 2.70. The Morgan fingerprint density at radius 3 is 2.53 bits per heavy atom. The van der Waals surface area contributed by atoms with Crippen molar-refractivity contribution in [2.75, 3.05) is 5.73 Å². The van der Waals surface area contributed by atoms with Crippen molar-refractivity contribution in [2.24, 2.45) is 0 Å². The third-order valence-electron chi connectivity index (χ3n) is 3.94. The molecule has 1 heterocycles. The summed E-state index contributed by atoms with van der Waals surface area (Å²) in [5, 5.41) is 0. The van der Waals surface area contributed by atoms with Crippen molar-refractivity contribution < 1.29 is 4.39 Å². The van der Waals surface area contributed by atoms with Crippen LogP contribution in [0.5, 0.6) is 0 Å². The summed E-state index contributed by atoms with van der Waals surface area (Å²) in [6.45, 7) is 3.91. The molecule has 1 aliphatic rings. The zero-order chi connectivity index (χ0) is 13.4. The Morgan fingerprint density at radius 2 is 1.84 bits per heavy atom. The van der Waals surface area contributed by atoms with Gasteiger partial charge in [0.2, 0.25) is 0 Å². The zero-order valence-corrected chi connectivity index (χ0v) is 10.9. The summed E-state index contributed by atoms with van der Waals surface area (Å²) in [6.07, 6.45) is 0. The van der Waals surface area contributed by atoms with Crippen LogP contribution in [0.1, 0.15) is 29.7 Å². The van der Waals surface area contributed by atoms with Crippen LogP contribution in [0, 0.1) is 5.82 Å². The first-order valence-corrected chi connectivity index (χ1v) is 6.51. The largest absolute Gasteiger partial charge is 0.398 e. The highest BCUT2D eigenvalue weighted by atomic mass is 19.1. The van der Waals surface area contributed by atoms with Crippen LogP contribution in [0.3, 0.4) is 0 Å². The van der Waals surface area contributed by atoms with Crippen molar-refractivity contribution in [3.05, 3.63) is 65.0 Å². The molecule has 2 aromatic rings. The third-order valence-corrected chi connectivity index (χ3v) is 3.94. The lowest BCUT2D eigenvalue weighted by Gasteiger charge is -2.24. The molecule has 0 amide bonds. The van der Waals surface area contributed by atoms with Gasteiger partial charge >= 0.3 is 0 Å². The highest BCUT2D eigenvalue weighted by Crippen LogP contribution is 2.33. The van der Waals surface area contributed by atoms with E-state index in [1.54, 1.807) is 0 Å². The van der Waals surface area contributed by atoms with Crippen LogP contribution in [0.25, 0.3) is 0 Å². The molecule has 0 bridgehead atoms. The summed E-state index contributed by atoms with van der Waals surface area (Å²) in [7, 11) is 0. The standard InChI is InChI=1S/C16H17FN2/c1-11(12-5-7-14(17)8-6-12)19-9-13-3-2-4-16(18)15(13)10-19/h2-8,11H,9-10,18H2,1H3. The molecule has 1 aliphatic heterocycles. The monoisotopic (exact) mass is 256 g/mol. The van der Waals surface area contributed by atoms with Gasteiger partial charge in [0.15, 0.2) is 0 Å². The number of hydrogen-bond donors (Lipinski definition) is 1. The van der Waals surface area contributed by atoms with E-state index < -0.39 is 0 Å². The summed E-state index contributed by atoms with van der Waals surface area (Å²) < 4.78 is 13.0.